The zero-order valence-corrected chi connectivity index (χ0v) is 22.4. The monoisotopic (exact) mass is 533 g/mol. The van der Waals surface area contributed by atoms with E-state index in [1.165, 1.54) is 17.2 Å². The van der Waals surface area contributed by atoms with Crippen molar-refractivity contribution >= 4 is 22.9 Å². The molecule has 0 fully saturated rings. The van der Waals surface area contributed by atoms with Crippen LogP contribution in [0.4, 0.5) is 5.82 Å². The molecule has 202 valence electrons. The molecule has 4 aromatic heterocycles. The van der Waals surface area contributed by atoms with Crippen molar-refractivity contribution in [2.24, 2.45) is 0 Å². The number of hydrogen-bond acceptors (Lipinski definition) is 7. The standard InChI is InChI=1S/C30H31N9O/c1-3-27(40)37(2)17-5-15-32-24-11-8-20-19-21(9-10-22(20)24)39-29(23-7-4-14-33-28(23)31)35-25-12-13-26(36-30(25)39)38-18-6-16-34-38/h3-4,6-7,9-10,12-14,16,18-19,24,32H,1,5,8,11,15,17H2,2H3,(H2,31,33). The highest BCUT2D eigenvalue weighted by Crippen LogP contribution is 2.35. The molecule has 0 saturated carbocycles. The molecule has 10 heteroatoms. The third kappa shape index (κ3) is 4.73. The summed E-state index contributed by atoms with van der Waals surface area (Å²) in [7, 11) is 1.80. The Bertz CT molecular complexity index is 1690. The smallest absolute Gasteiger partial charge is 0.245 e. The van der Waals surface area contributed by atoms with Crippen molar-refractivity contribution in [3.8, 4) is 22.9 Å². The molecule has 1 unspecified atom stereocenters. The number of rotatable bonds is 9. The number of carbonyl (C=O) groups is 1. The fraction of sp³-hybridized carbons (Fsp3) is 0.233. The van der Waals surface area contributed by atoms with E-state index in [1.54, 1.807) is 29.0 Å². The van der Waals surface area contributed by atoms with Gasteiger partial charge in [0.1, 0.15) is 11.3 Å². The average molecular weight is 534 g/mol. The molecule has 1 aliphatic carbocycles. The van der Waals surface area contributed by atoms with Gasteiger partial charge in [0.2, 0.25) is 5.91 Å². The van der Waals surface area contributed by atoms with Crippen molar-refractivity contribution in [2.45, 2.75) is 25.3 Å². The summed E-state index contributed by atoms with van der Waals surface area (Å²) in [5, 5.41) is 8.02. The Morgan fingerprint density at radius 2 is 2.10 bits per heavy atom. The number of aryl methyl sites for hydroxylation is 1. The fourth-order valence-corrected chi connectivity index (χ4v) is 5.32. The lowest BCUT2D eigenvalue weighted by Crippen LogP contribution is -2.29. The molecule has 1 atom stereocenters. The van der Waals surface area contributed by atoms with E-state index in [1.807, 2.05) is 36.5 Å². The Morgan fingerprint density at radius 1 is 1.20 bits per heavy atom. The molecule has 1 aliphatic rings. The van der Waals surface area contributed by atoms with Crippen LogP contribution in [0.3, 0.4) is 0 Å². The average Bonchev–Trinajstić information content (AvgIpc) is 3.73. The van der Waals surface area contributed by atoms with Crippen LogP contribution in [0.2, 0.25) is 0 Å². The SMILES string of the molecule is C=CC(=O)N(C)CCCNC1CCc2cc(-n3c(-c4cccnc4N)nc4ccc(-n5cccn5)nc43)ccc21. The maximum atomic E-state index is 11.7. The van der Waals surface area contributed by atoms with Crippen LogP contribution < -0.4 is 11.1 Å². The van der Waals surface area contributed by atoms with Crippen LogP contribution in [-0.4, -0.2) is 60.2 Å². The number of benzene rings is 1. The van der Waals surface area contributed by atoms with Crippen LogP contribution in [0.25, 0.3) is 34.1 Å². The number of amides is 1. The lowest BCUT2D eigenvalue weighted by Gasteiger charge is -2.18. The van der Waals surface area contributed by atoms with Crippen molar-refractivity contribution in [1.82, 2.24) is 39.5 Å². The predicted molar refractivity (Wildman–Crippen MR) is 155 cm³/mol. The van der Waals surface area contributed by atoms with E-state index in [0.29, 0.717) is 24.0 Å². The van der Waals surface area contributed by atoms with Crippen LogP contribution in [0.15, 0.2) is 79.8 Å². The van der Waals surface area contributed by atoms with E-state index in [0.717, 1.165) is 48.2 Å². The van der Waals surface area contributed by atoms with Gasteiger partial charge < -0.3 is 16.0 Å². The number of likely N-dealkylation sites (N-methyl/N-ethyl adjacent to an activating group) is 1. The van der Waals surface area contributed by atoms with Gasteiger partial charge in [0.05, 0.1) is 5.56 Å². The highest BCUT2D eigenvalue weighted by molar-refractivity contribution is 5.86. The van der Waals surface area contributed by atoms with E-state index < -0.39 is 0 Å². The van der Waals surface area contributed by atoms with Crippen LogP contribution >= 0.6 is 0 Å². The van der Waals surface area contributed by atoms with Gasteiger partial charge in [-0.3, -0.25) is 9.36 Å². The zero-order valence-electron chi connectivity index (χ0n) is 22.4. The summed E-state index contributed by atoms with van der Waals surface area (Å²) in [5.41, 5.74) is 12.1. The van der Waals surface area contributed by atoms with Gasteiger partial charge in [-0.15, -0.1) is 0 Å². The van der Waals surface area contributed by atoms with Crippen molar-refractivity contribution < 1.29 is 4.79 Å². The number of imidazole rings is 1. The molecule has 10 nitrogen and oxygen atoms in total. The second-order valence-corrected chi connectivity index (χ2v) is 9.92. The Labute approximate surface area is 232 Å². The van der Waals surface area contributed by atoms with Crippen molar-refractivity contribution in [1.29, 1.82) is 0 Å². The van der Waals surface area contributed by atoms with E-state index in [2.05, 4.69) is 44.7 Å². The lowest BCUT2D eigenvalue weighted by atomic mass is 10.1. The summed E-state index contributed by atoms with van der Waals surface area (Å²) in [4.78, 5) is 27.6. The van der Waals surface area contributed by atoms with Crippen molar-refractivity contribution in [3.05, 3.63) is 90.9 Å². The fourth-order valence-electron chi connectivity index (χ4n) is 5.32. The first-order valence-corrected chi connectivity index (χ1v) is 13.4. The largest absolute Gasteiger partial charge is 0.383 e. The Balaban J connectivity index is 1.33. The Morgan fingerprint density at radius 3 is 2.90 bits per heavy atom. The highest BCUT2D eigenvalue weighted by Gasteiger charge is 2.24. The number of carbonyl (C=O) groups excluding carboxylic acids is 1. The maximum Gasteiger partial charge on any atom is 0.245 e. The molecule has 0 spiro atoms. The molecule has 40 heavy (non-hydrogen) atoms. The minimum Gasteiger partial charge on any atom is -0.383 e. The highest BCUT2D eigenvalue weighted by atomic mass is 16.2. The quantitative estimate of drug-likeness (QED) is 0.218. The number of nitrogens with two attached hydrogens (primary N) is 1. The van der Waals surface area contributed by atoms with Gasteiger partial charge in [0.25, 0.3) is 0 Å². The van der Waals surface area contributed by atoms with Crippen LogP contribution in [0, 0.1) is 0 Å². The number of pyridine rings is 2. The zero-order chi connectivity index (χ0) is 27.6. The summed E-state index contributed by atoms with van der Waals surface area (Å²) in [5.74, 6) is 1.76. The lowest BCUT2D eigenvalue weighted by molar-refractivity contribution is -0.124. The van der Waals surface area contributed by atoms with E-state index in [4.69, 9.17) is 15.7 Å². The number of nitrogens with zero attached hydrogens (tertiary/aromatic N) is 7. The normalized spacial score (nSPS) is 14.4. The van der Waals surface area contributed by atoms with Gasteiger partial charge in [-0.2, -0.15) is 5.10 Å². The molecule has 4 heterocycles. The minimum atomic E-state index is -0.0515. The molecule has 3 N–H and O–H groups in total. The second-order valence-electron chi connectivity index (χ2n) is 9.92. The number of fused-ring (bicyclic) bond motifs is 2. The van der Waals surface area contributed by atoms with Gasteiger partial charge in [-0.25, -0.2) is 19.6 Å². The number of anilines is 1. The topological polar surface area (TPSA) is 120 Å². The molecule has 1 aromatic carbocycles. The molecule has 0 aliphatic heterocycles. The summed E-state index contributed by atoms with van der Waals surface area (Å²) >= 11 is 0. The number of nitrogens with one attached hydrogen (secondary N) is 1. The molecule has 5 aromatic rings. The van der Waals surface area contributed by atoms with Crippen molar-refractivity contribution in [2.75, 3.05) is 25.9 Å². The summed E-state index contributed by atoms with van der Waals surface area (Å²) in [6.45, 7) is 5.08. The first-order valence-electron chi connectivity index (χ1n) is 13.4. The van der Waals surface area contributed by atoms with Crippen LogP contribution in [0.5, 0.6) is 0 Å². The molecular formula is C30H31N9O. The van der Waals surface area contributed by atoms with Crippen LogP contribution in [-0.2, 0) is 11.2 Å². The molecule has 0 saturated heterocycles. The van der Waals surface area contributed by atoms with Gasteiger partial charge >= 0.3 is 0 Å². The number of nitrogen functional groups attached to an aromatic ring is 1. The third-order valence-electron chi connectivity index (χ3n) is 7.38. The first kappa shape index (κ1) is 25.4. The Kier molecular flexibility index (Phi) is 6.83. The third-order valence-corrected chi connectivity index (χ3v) is 7.38. The minimum absolute atomic E-state index is 0.0515. The van der Waals surface area contributed by atoms with E-state index >= 15 is 0 Å². The summed E-state index contributed by atoms with van der Waals surface area (Å²) < 4.78 is 3.79. The molecular weight excluding hydrogens is 502 g/mol. The van der Waals surface area contributed by atoms with E-state index in [9.17, 15) is 4.79 Å². The number of aromatic nitrogens is 6. The van der Waals surface area contributed by atoms with E-state index in [-0.39, 0.29) is 11.9 Å². The van der Waals surface area contributed by atoms with Gasteiger partial charge in [-0.05, 0) is 85.5 Å². The number of hydrogen-bond donors (Lipinski definition) is 2. The predicted octanol–water partition coefficient (Wildman–Crippen LogP) is 3.86. The summed E-state index contributed by atoms with van der Waals surface area (Å²) in [6.07, 6.45) is 9.50. The molecule has 0 radical (unpaired) electrons. The maximum absolute atomic E-state index is 11.7. The van der Waals surface area contributed by atoms with Crippen LogP contribution in [0.1, 0.15) is 30.0 Å². The molecule has 0 bridgehead atoms. The summed E-state index contributed by atoms with van der Waals surface area (Å²) in [6, 6.07) is 16.4. The first-order chi connectivity index (χ1) is 19.5. The Hall–Kier alpha value is -4.83. The second kappa shape index (κ2) is 10.7. The van der Waals surface area contributed by atoms with Gasteiger partial charge in [0, 0.05) is 43.9 Å². The molecule has 1 amide bonds. The van der Waals surface area contributed by atoms with Gasteiger partial charge in [0.15, 0.2) is 17.3 Å². The van der Waals surface area contributed by atoms with Gasteiger partial charge in [-0.1, -0.05) is 12.6 Å². The van der Waals surface area contributed by atoms with Crippen molar-refractivity contribution in [3.63, 3.8) is 0 Å². The molecule has 6 rings (SSSR count).